The highest BCUT2D eigenvalue weighted by Crippen LogP contribution is 2.25. The highest BCUT2D eigenvalue weighted by atomic mass is 35.5. The Morgan fingerprint density at radius 3 is 2.53 bits per heavy atom. The second kappa shape index (κ2) is 4.84. The third-order valence-electron chi connectivity index (χ3n) is 2.66. The van der Waals surface area contributed by atoms with E-state index in [4.69, 9.17) is 11.6 Å². The number of hydrogen-bond donors (Lipinski definition) is 0. The van der Waals surface area contributed by atoms with Crippen molar-refractivity contribution in [2.24, 2.45) is 0 Å². The summed E-state index contributed by atoms with van der Waals surface area (Å²) in [4.78, 5) is 4.27. The van der Waals surface area contributed by atoms with Gasteiger partial charge in [0.05, 0.1) is 5.69 Å². The van der Waals surface area contributed by atoms with E-state index in [0.717, 1.165) is 5.56 Å². The van der Waals surface area contributed by atoms with Crippen molar-refractivity contribution in [2.75, 3.05) is 0 Å². The minimum Gasteiger partial charge on any atom is -0.256 e. The molecule has 0 aliphatic heterocycles. The lowest BCUT2D eigenvalue weighted by atomic mass is 10.0. The molecule has 0 N–H and O–H groups in total. The van der Waals surface area contributed by atoms with Gasteiger partial charge in [0.15, 0.2) is 0 Å². The minimum absolute atomic E-state index is 0.306. The number of benzene rings is 1. The molecule has 0 saturated carbocycles. The van der Waals surface area contributed by atoms with E-state index in [2.05, 4.69) is 18.8 Å². The first-order chi connectivity index (χ1) is 8.08. The highest BCUT2D eigenvalue weighted by Gasteiger charge is 2.07. The summed E-state index contributed by atoms with van der Waals surface area (Å²) in [6.07, 6.45) is 1.78. The molecule has 0 aliphatic rings. The van der Waals surface area contributed by atoms with Crippen molar-refractivity contribution in [3.63, 3.8) is 0 Å². The van der Waals surface area contributed by atoms with E-state index in [1.165, 1.54) is 12.1 Å². The molecule has 1 aromatic carbocycles. The minimum atomic E-state index is -0.306. The maximum Gasteiger partial charge on any atom is 0.132 e. The van der Waals surface area contributed by atoms with E-state index < -0.39 is 0 Å². The number of nitrogens with zero attached hydrogens (tertiary/aromatic N) is 1. The monoisotopic (exact) mass is 249 g/mol. The van der Waals surface area contributed by atoms with Crippen LogP contribution in [0.25, 0.3) is 11.3 Å². The van der Waals surface area contributed by atoms with Gasteiger partial charge in [-0.2, -0.15) is 0 Å². The largest absolute Gasteiger partial charge is 0.256 e. The molecule has 17 heavy (non-hydrogen) atoms. The van der Waals surface area contributed by atoms with Crippen LogP contribution in [0.5, 0.6) is 0 Å². The van der Waals surface area contributed by atoms with Gasteiger partial charge in [-0.3, -0.25) is 4.98 Å². The Morgan fingerprint density at radius 2 is 1.94 bits per heavy atom. The zero-order valence-corrected chi connectivity index (χ0v) is 10.5. The van der Waals surface area contributed by atoms with Crippen LogP contribution in [-0.2, 0) is 0 Å². The molecule has 1 nitrogen and oxygen atoms in total. The van der Waals surface area contributed by atoms with Gasteiger partial charge in [-0.15, -0.1) is 0 Å². The molecule has 0 radical (unpaired) electrons. The summed E-state index contributed by atoms with van der Waals surface area (Å²) in [5.74, 6) is 0.111. The fraction of sp³-hybridized carbons (Fsp3) is 0.214. The van der Waals surface area contributed by atoms with Gasteiger partial charge < -0.3 is 0 Å². The third-order valence-corrected chi connectivity index (χ3v) is 2.89. The van der Waals surface area contributed by atoms with Crippen molar-refractivity contribution in [2.45, 2.75) is 19.8 Å². The molecule has 0 spiro atoms. The van der Waals surface area contributed by atoms with Crippen molar-refractivity contribution in [3.8, 4) is 11.3 Å². The lowest BCUT2D eigenvalue weighted by Crippen LogP contribution is -1.92. The molecule has 88 valence electrons. The standard InChI is InChI=1S/C14H13ClFN/c1-9(2)10-3-6-14(17-8-10)12-7-11(15)4-5-13(12)16/h3-9H,1-2H3. The first kappa shape index (κ1) is 12.1. The zero-order valence-electron chi connectivity index (χ0n) is 9.74. The summed E-state index contributed by atoms with van der Waals surface area (Å²) in [6, 6.07) is 8.27. The smallest absolute Gasteiger partial charge is 0.132 e. The van der Waals surface area contributed by atoms with Crippen LogP contribution in [0.15, 0.2) is 36.5 Å². The Kier molecular flexibility index (Phi) is 3.43. The van der Waals surface area contributed by atoms with Crippen LogP contribution in [-0.4, -0.2) is 4.98 Å². The van der Waals surface area contributed by atoms with Crippen molar-refractivity contribution in [1.82, 2.24) is 4.98 Å². The molecule has 1 aromatic heterocycles. The molecule has 0 saturated heterocycles. The van der Waals surface area contributed by atoms with Crippen LogP contribution in [0, 0.1) is 5.82 Å². The molecule has 0 fully saturated rings. The van der Waals surface area contributed by atoms with E-state index in [1.54, 1.807) is 12.3 Å². The normalized spacial score (nSPS) is 10.9. The predicted molar refractivity (Wildman–Crippen MR) is 68.7 cm³/mol. The maximum absolute atomic E-state index is 13.6. The topological polar surface area (TPSA) is 12.9 Å². The van der Waals surface area contributed by atoms with Crippen LogP contribution in [0.3, 0.4) is 0 Å². The van der Waals surface area contributed by atoms with Crippen LogP contribution < -0.4 is 0 Å². The van der Waals surface area contributed by atoms with Crippen molar-refractivity contribution < 1.29 is 4.39 Å². The highest BCUT2D eigenvalue weighted by molar-refractivity contribution is 6.30. The summed E-state index contributed by atoms with van der Waals surface area (Å²) in [7, 11) is 0. The molecule has 3 heteroatoms. The van der Waals surface area contributed by atoms with Crippen LogP contribution in [0.4, 0.5) is 4.39 Å². The Bertz CT molecular complexity index is 520. The Morgan fingerprint density at radius 1 is 1.18 bits per heavy atom. The summed E-state index contributed by atoms with van der Waals surface area (Å²) < 4.78 is 13.6. The number of rotatable bonds is 2. The summed E-state index contributed by atoms with van der Waals surface area (Å²) in [6.45, 7) is 4.19. The van der Waals surface area contributed by atoms with E-state index >= 15 is 0 Å². The second-order valence-electron chi connectivity index (χ2n) is 4.26. The first-order valence-electron chi connectivity index (χ1n) is 5.49. The Labute approximate surface area is 105 Å². The van der Waals surface area contributed by atoms with E-state index in [9.17, 15) is 4.39 Å². The van der Waals surface area contributed by atoms with Gasteiger partial charge in [-0.25, -0.2) is 4.39 Å². The second-order valence-corrected chi connectivity index (χ2v) is 4.69. The Hall–Kier alpha value is -1.41. The summed E-state index contributed by atoms with van der Waals surface area (Å²) in [5.41, 5.74) is 2.18. The zero-order chi connectivity index (χ0) is 12.4. The van der Waals surface area contributed by atoms with Gasteiger partial charge >= 0.3 is 0 Å². The third kappa shape index (κ3) is 2.64. The molecule has 0 bridgehead atoms. The van der Waals surface area contributed by atoms with Gasteiger partial charge in [-0.1, -0.05) is 31.5 Å². The SMILES string of the molecule is CC(C)c1ccc(-c2cc(Cl)ccc2F)nc1. The van der Waals surface area contributed by atoms with Crippen LogP contribution in [0.1, 0.15) is 25.3 Å². The number of halogens is 2. The summed E-state index contributed by atoms with van der Waals surface area (Å²) >= 11 is 5.85. The molecule has 0 aliphatic carbocycles. The summed E-state index contributed by atoms with van der Waals surface area (Å²) in [5, 5.41) is 0.510. The van der Waals surface area contributed by atoms with Crippen molar-refractivity contribution >= 4 is 11.6 Å². The maximum atomic E-state index is 13.6. The molecule has 1 heterocycles. The van der Waals surface area contributed by atoms with Gasteiger partial charge in [0.1, 0.15) is 5.82 Å². The number of hydrogen-bond acceptors (Lipinski definition) is 1. The van der Waals surface area contributed by atoms with Crippen LogP contribution >= 0.6 is 11.6 Å². The number of aromatic nitrogens is 1. The predicted octanol–water partition coefficient (Wildman–Crippen LogP) is 4.66. The molecule has 2 aromatic rings. The van der Waals surface area contributed by atoms with E-state index in [1.807, 2.05) is 12.1 Å². The average Bonchev–Trinajstić information content (AvgIpc) is 2.32. The molecular weight excluding hydrogens is 237 g/mol. The fourth-order valence-electron chi connectivity index (χ4n) is 1.60. The van der Waals surface area contributed by atoms with Gasteiger partial charge in [0.25, 0.3) is 0 Å². The van der Waals surface area contributed by atoms with Gasteiger partial charge in [0.2, 0.25) is 0 Å². The fourth-order valence-corrected chi connectivity index (χ4v) is 1.77. The first-order valence-corrected chi connectivity index (χ1v) is 5.87. The average molecular weight is 250 g/mol. The molecule has 2 rings (SSSR count). The van der Waals surface area contributed by atoms with Crippen molar-refractivity contribution in [3.05, 3.63) is 52.9 Å². The van der Waals surface area contributed by atoms with E-state index in [0.29, 0.717) is 22.2 Å². The van der Waals surface area contributed by atoms with Gasteiger partial charge in [0, 0.05) is 16.8 Å². The lowest BCUT2D eigenvalue weighted by Gasteiger charge is -2.07. The van der Waals surface area contributed by atoms with E-state index in [-0.39, 0.29) is 5.82 Å². The molecule has 0 unspecified atom stereocenters. The quantitative estimate of drug-likeness (QED) is 0.754. The van der Waals surface area contributed by atoms with Crippen LogP contribution in [0.2, 0.25) is 5.02 Å². The molecular formula is C14H13ClFN. The van der Waals surface area contributed by atoms with Gasteiger partial charge in [-0.05, 0) is 35.7 Å². The number of pyridine rings is 1. The molecule has 0 amide bonds. The lowest BCUT2D eigenvalue weighted by molar-refractivity contribution is 0.630. The van der Waals surface area contributed by atoms with Crippen molar-refractivity contribution in [1.29, 1.82) is 0 Å². The molecule has 0 atom stereocenters. The Balaban J connectivity index is 2.43.